The van der Waals surface area contributed by atoms with Crippen LogP contribution in [0.4, 0.5) is 13.2 Å². The number of rotatable bonds is 3. The fourth-order valence-electron chi connectivity index (χ4n) is 2.89. The minimum Gasteiger partial charge on any atom is -0.207 e. The lowest BCUT2D eigenvalue weighted by Gasteiger charge is -2.25. The molecule has 0 N–H and O–H groups in total. The molecule has 0 fully saturated rings. The highest BCUT2D eigenvalue weighted by Gasteiger charge is 2.26. The van der Waals surface area contributed by atoms with Gasteiger partial charge < -0.3 is 0 Å². The number of hydrogen-bond acceptors (Lipinski definition) is 0. The minimum absolute atomic E-state index is 0.190. The van der Waals surface area contributed by atoms with E-state index in [1.807, 2.05) is 6.08 Å². The molecule has 0 spiro atoms. The molecule has 0 aromatic heterocycles. The van der Waals surface area contributed by atoms with Crippen molar-refractivity contribution >= 4 is 19.2 Å². The molecule has 2 aromatic carbocycles. The first-order valence-electron chi connectivity index (χ1n) is 7.18. The summed E-state index contributed by atoms with van der Waals surface area (Å²) >= 11 is 0. The number of allylic oxidation sites excluding steroid dienone is 4. The molecule has 112 valence electrons. The molecule has 1 aliphatic rings. The second-order valence-corrected chi connectivity index (χ2v) is 8.57. The maximum atomic E-state index is 13.2. The molecule has 0 aliphatic heterocycles. The van der Waals surface area contributed by atoms with Gasteiger partial charge in [0.25, 0.3) is 0 Å². The Morgan fingerprint density at radius 3 is 1.68 bits per heavy atom. The largest absolute Gasteiger partial charge is 0.207 e. The molecule has 22 heavy (non-hydrogen) atoms. The lowest BCUT2D eigenvalue weighted by atomic mass is 10.2. The van der Waals surface area contributed by atoms with Gasteiger partial charge in [0.2, 0.25) is 0 Å². The summed E-state index contributed by atoms with van der Waals surface area (Å²) in [5.41, 5.74) is 0.190. The topological polar surface area (TPSA) is 0 Å². The predicted molar refractivity (Wildman–Crippen MR) is 85.9 cm³/mol. The maximum absolute atomic E-state index is 13.2. The quantitative estimate of drug-likeness (QED) is 0.761. The molecule has 0 saturated carbocycles. The van der Waals surface area contributed by atoms with Crippen LogP contribution in [-0.2, 0) is 0 Å². The lowest BCUT2D eigenvalue weighted by Crippen LogP contribution is -2.45. The third-order valence-corrected chi connectivity index (χ3v) is 7.53. The van der Waals surface area contributed by atoms with Crippen LogP contribution in [0.3, 0.4) is 0 Å². The predicted octanol–water partition coefficient (Wildman–Crippen LogP) is 3.49. The monoisotopic (exact) mass is 316 g/mol. The third kappa shape index (κ3) is 3.22. The van der Waals surface area contributed by atoms with Crippen molar-refractivity contribution < 1.29 is 13.2 Å². The molecule has 1 unspecified atom stereocenters. The van der Waals surface area contributed by atoms with Crippen LogP contribution in [0.5, 0.6) is 0 Å². The number of hydrogen-bond donors (Lipinski definition) is 0. The van der Waals surface area contributed by atoms with E-state index in [0.29, 0.717) is 6.42 Å². The van der Waals surface area contributed by atoms with Gasteiger partial charge in [-0.2, -0.15) is 0 Å². The molecule has 3 rings (SSSR count). The van der Waals surface area contributed by atoms with Gasteiger partial charge in [0.05, 0.1) is 0 Å². The van der Waals surface area contributed by atoms with Crippen molar-refractivity contribution in [1.82, 2.24) is 0 Å². The van der Waals surface area contributed by atoms with Crippen LogP contribution in [0.2, 0.25) is 5.54 Å². The summed E-state index contributed by atoms with van der Waals surface area (Å²) in [7, 11) is -1.73. The van der Waals surface area contributed by atoms with Crippen molar-refractivity contribution in [3.05, 3.63) is 84.2 Å². The average molecular weight is 316 g/mol. The molecule has 1 atom stereocenters. The van der Waals surface area contributed by atoms with E-state index in [-0.39, 0.29) is 23.0 Å². The molecule has 0 saturated heterocycles. The summed E-state index contributed by atoms with van der Waals surface area (Å²) in [6.45, 7) is 0. The van der Waals surface area contributed by atoms with Crippen LogP contribution in [0.1, 0.15) is 6.42 Å². The van der Waals surface area contributed by atoms with E-state index in [1.54, 1.807) is 30.3 Å². The second kappa shape index (κ2) is 6.36. The zero-order valence-electron chi connectivity index (χ0n) is 11.8. The molecular weight excluding hydrogens is 301 g/mol. The lowest BCUT2D eigenvalue weighted by molar-refractivity contribution is 0.628. The smallest absolute Gasteiger partial charge is 0.123 e. The van der Waals surface area contributed by atoms with Crippen LogP contribution < -0.4 is 10.4 Å². The third-order valence-electron chi connectivity index (χ3n) is 3.97. The van der Waals surface area contributed by atoms with Gasteiger partial charge in [-0.05, 0) is 48.4 Å². The van der Waals surface area contributed by atoms with E-state index < -0.39 is 8.80 Å². The van der Waals surface area contributed by atoms with Crippen LogP contribution in [0.15, 0.2) is 72.6 Å². The van der Waals surface area contributed by atoms with Crippen molar-refractivity contribution in [3.8, 4) is 0 Å². The van der Waals surface area contributed by atoms with Crippen LogP contribution in [0.25, 0.3) is 0 Å². The Morgan fingerprint density at radius 2 is 1.27 bits per heavy atom. The van der Waals surface area contributed by atoms with Gasteiger partial charge in [-0.1, -0.05) is 40.7 Å². The maximum Gasteiger partial charge on any atom is 0.123 e. The summed E-state index contributed by atoms with van der Waals surface area (Å²) in [5.74, 6) is -0.774. The molecule has 2 aromatic rings. The van der Waals surface area contributed by atoms with Crippen molar-refractivity contribution in [2.75, 3.05) is 0 Å². The Bertz CT molecular complexity index is 657. The van der Waals surface area contributed by atoms with Gasteiger partial charge >= 0.3 is 0 Å². The zero-order chi connectivity index (χ0) is 15.5. The highest BCUT2D eigenvalue weighted by Crippen LogP contribution is 2.25. The number of halogens is 3. The first kappa shape index (κ1) is 14.8. The average Bonchev–Trinajstić information content (AvgIpc) is 2.53. The molecule has 4 heteroatoms. The Balaban J connectivity index is 2.00. The van der Waals surface area contributed by atoms with Crippen LogP contribution in [0, 0.1) is 11.6 Å². The Kier molecular flexibility index (Phi) is 4.29. The standard InChI is InChI=1S/C18H15F3Si/c19-13-1-7-16(8-2-13)22(17-9-3-14(20)4-10-17)18-11-5-15(21)6-12-18/h1-11,18,22H,12H2. The van der Waals surface area contributed by atoms with Gasteiger partial charge in [-0.15, -0.1) is 0 Å². The fourth-order valence-corrected chi connectivity index (χ4v) is 6.21. The summed E-state index contributed by atoms with van der Waals surface area (Å²) < 4.78 is 39.6. The molecule has 0 bridgehead atoms. The first-order chi connectivity index (χ1) is 10.6. The van der Waals surface area contributed by atoms with Crippen LogP contribution in [-0.4, -0.2) is 8.80 Å². The number of benzene rings is 2. The summed E-state index contributed by atoms with van der Waals surface area (Å²) in [4.78, 5) is 0. The Labute approximate surface area is 129 Å². The van der Waals surface area contributed by atoms with Gasteiger partial charge in [0.1, 0.15) is 26.3 Å². The van der Waals surface area contributed by atoms with E-state index in [1.165, 1.54) is 30.3 Å². The Hall–Kier alpha value is -2.07. The van der Waals surface area contributed by atoms with Gasteiger partial charge in [-0.3, -0.25) is 0 Å². The van der Waals surface area contributed by atoms with Crippen molar-refractivity contribution in [3.63, 3.8) is 0 Å². The fraction of sp³-hybridized carbons (Fsp3) is 0.111. The van der Waals surface area contributed by atoms with Gasteiger partial charge in [0, 0.05) is 0 Å². The van der Waals surface area contributed by atoms with Crippen LogP contribution >= 0.6 is 0 Å². The summed E-state index contributed by atoms with van der Waals surface area (Å²) in [6, 6.07) is 12.9. The molecule has 0 heterocycles. The van der Waals surface area contributed by atoms with E-state index in [2.05, 4.69) is 0 Å². The summed E-state index contributed by atoms with van der Waals surface area (Å²) in [6.07, 6.45) is 5.58. The zero-order valence-corrected chi connectivity index (χ0v) is 13.0. The highest BCUT2D eigenvalue weighted by molar-refractivity contribution is 6.86. The molecular formula is C18H15F3Si. The van der Waals surface area contributed by atoms with Crippen molar-refractivity contribution in [2.24, 2.45) is 0 Å². The van der Waals surface area contributed by atoms with Gasteiger partial charge in [0.15, 0.2) is 0 Å². The van der Waals surface area contributed by atoms with E-state index in [4.69, 9.17) is 0 Å². The van der Waals surface area contributed by atoms with E-state index in [9.17, 15) is 13.2 Å². The molecule has 0 amide bonds. The first-order valence-corrected chi connectivity index (χ1v) is 9.00. The van der Waals surface area contributed by atoms with Gasteiger partial charge in [-0.25, -0.2) is 13.2 Å². The Morgan fingerprint density at radius 1 is 0.773 bits per heavy atom. The van der Waals surface area contributed by atoms with E-state index in [0.717, 1.165) is 10.4 Å². The van der Waals surface area contributed by atoms with Crippen molar-refractivity contribution in [2.45, 2.75) is 12.0 Å². The minimum atomic E-state index is -1.73. The molecule has 0 nitrogen and oxygen atoms in total. The summed E-state index contributed by atoms with van der Waals surface area (Å²) in [5, 5.41) is 2.14. The highest BCUT2D eigenvalue weighted by atomic mass is 28.3. The SMILES string of the molecule is FC1=CCC([SiH](c2ccc(F)cc2)c2ccc(F)cc2)C=C1. The van der Waals surface area contributed by atoms with E-state index >= 15 is 0 Å². The second-order valence-electron chi connectivity index (χ2n) is 5.43. The normalized spacial score (nSPS) is 17.6. The molecule has 1 aliphatic carbocycles. The van der Waals surface area contributed by atoms with Crippen molar-refractivity contribution in [1.29, 1.82) is 0 Å². The molecule has 0 radical (unpaired) electrons.